The Kier molecular flexibility index (Phi) is 6.29. The molecule has 2 aromatic rings. The van der Waals surface area contributed by atoms with Gasteiger partial charge >= 0.3 is 6.03 Å². The van der Waals surface area contributed by atoms with Gasteiger partial charge in [0.1, 0.15) is 11.5 Å². The number of nitrogens with zero attached hydrogens (tertiary/aromatic N) is 2. The summed E-state index contributed by atoms with van der Waals surface area (Å²) in [6.07, 6.45) is 0. The molecule has 1 N–H and O–H groups in total. The SMILES string of the molecule is COc1ccc(CNC(=O)N2CCN(c3ccc(OC)c(Cl)c3)CC2)cc1. The molecule has 0 unspecified atom stereocenters. The second kappa shape index (κ2) is 8.86. The van der Waals surface area contributed by atoms with Crippen molar-refractivity contribution < 1.29 is 14.3 Å². The van der Waals surface area contributed by atoms with Gasteiger partial charge in [-0.2, -0.15) is 0 Å². The Labute approximate surface area is 164 Å². The molecule has 0 atom stereocenters. The first-order valence-electron chi connectivity index (χ1n) is 8.85. The van der Waals surface area contributed by atoms with Gasteiger partial charge < -0.3 is 24.6 Å². The smallest absolute Gasteiger partial charge is 0.317 e. The molecule has 1 fully saturated rings. The lowest BCUT2D eigenvalue weighted by Crippen LogP contribution is -2.51. The van der Waals surface area contributed by atoms with E-state index in [-0.39, 0.29) is 6.03 Å². The molecule has 0 bridgehead atoms. The number of ether oxygens (including phenoxy) is 2. The van der Waals surface area contributed by atoms with Crippen LogP contribution in [0, 0.1) is 0 Å². The van der Waals surface area contributed by atoms with Crippen LogP contribution in [-0.2, 0) is 6.54 Å². The Morgan fingerprint density at radius 2 is 1.74 bits per heavy atom. The molecule has 1 heterocycles. The molecule has 6 nitrogen and oxygen atoms in total. The average Bonchev–Trinajstić information content (AvgIpc) is 2.72. The fraction of sp³-hybridized carbons (Fsp3) is 0.350. The van der Waals surface area contributed by atoms with E-state index in [9.17, 15) is 4.79 Å². The number of rotatable bonds is 5. The maximum atomic E-state index is 12.4. The number of hydrogen-bond acceptors (Lipinski definition) is 4. The van der Waals surface area contributed by atoms with Crippen molar-refractivity contribution in [2.24, 2.45) is 0 Å². The fourth-order valence-corrected chi connectivity index (χ4v) is 3.30. The molecular weight excluding hydrogens is 366 g/mol. The van der Waals surface area contributed by atoms with Crippen molar-refractivity contribution in [3.05, 3.63) is 53.1 Å². The van der Waals surface area contributed by atoms with Crippen LogP contribution in [0.25, 0.3) is 0 Å². The lowest BCUT2D eigenvalue weighted by Gasteiger charge is -2.36. The van der Waals surface area contributed by atoms with Crippen molar-refractivity contribution in [1.82, 2.24) is 10.2 Å². The molecule has 0 aliphatic carbocycles. The van der Waals surface area contributed by atoms with E-state index in [0.717, 1.165) is 30.1 Å². The highest BCUT2D eigenvalue weighted by Gasteiger charge is 2.21. The van der Waals surface area contributed by atoms with E-state index < -0.39 is 0 Å². The number of carbonyl (C=O) groups is 1. The molecule has 0 aromatic heterocycles. The molecule has 2 amide bonds. The number of nitrogens with one attached hydrogen (secondary N) is 1. The zero-order valence-corrected chi connectivity index (χ0v) is 16.3. The van der Waals surface area contributed by atoms with Crippen LogP contribution >= 0.6 is 11.6 Å². The maximum absolute atomic E-state index is 12.4. The molecule has 144 valence electrons. The summed E-state index contributed by atoms with van der Waals surface area (Å²) in [6, 6.07) is 13.4. The number of halogens is 1. The molecule has 1 saturated heterocycles. The highest BCUT2D eigenvalue weighted by molar-refractivity contribution is 6.32. The second-order valence-electron chi connectivity index (χ2n) is 6.30. The minimum Gasteiger partial charge on any atom is -0.497 e. The molecule has 0 radical (unpaired) electrons. The Morgan fingerprint density at radius 3 is 2.33 bits per heavy atom. The third-order valence-electron chi connectivity index (χ3n) is 4.67. The summed E-state index contributed by atoms with van der Waals surface area (Å²) < 4.78 is 10.3. The number of piperazine rings is 1. The summed E-state index contributed by atoms with van der Waals surface area (Å²) in [5, 5.41) is 3.57. The average molecular weight is 390 g/mol. The first-order valence-corrected chi connectivity index (χ1v) is 9.22. The Morgan fingerprint density at radius 1 is 1.04 bits per heavy atom. The quantitative estimate of drug-likeness (QED) is 0.851. The molecule has 1 aliphatic heterocycles. The number of anilines is 1. The van der Waals surface area contributed by atoms with Gasteiger partial charge in [0.25, 0.3) is 0 Å². The van der Waals surface area contributed by atoms with Gasteiger partial charge in [0.2, 0.25) is 0 Å². The van der Waals surface area contributed by atoms with Gasteiger partial charge in [-0.05, 0) is 35.9 Å². The van der Waals surface area contributed by atoms with Gasteiger partial charge in [0, 0.05) is 38.4 Å². The lowest BCUT2D eigenvalue weighted by atomic mass is 10.2. The second-order valence-corrected chi connectivity index (χ2v) is 6.71. The standard InChI is InChI=1S/C20H24ClN3O3/c1-26-17-6-3-15(4-7-17)14-22-20(25)24-11-9-23(10-12-24)16-5-8-19(27-2)18(21)13-16/h3-8,13H,9-12,14H2,1-2H3,(H,22,25). The molecule has 0 saturated carbocycles. The number of methoxy groups -OCH3 is 2. The van der Waals surface area contributed by atoms with Crippen LogP contribution in [0.3, 0.4) is 0 Å². The van der Waals surface area contributed by atoms with Crippen LogP contribution in [0.5, 0.6) is 11.5 Å². The lowest BCUT2D eigenvalue weighted by molar-refractivity contribution is 0.194. The Hall–Kier alpha value is -2.60. The van der Waals surface area contributed by atoms with Gasteiger partial charge in [-0.15, -0.1) is 0 Å². The van der Waals surface area contributed by atoms with E-state index >= 15 is 0 Å². The number of benzene rings is 2. The topological polar surface area (TPSA) is 54.0 Å². The van der Waals surface area contributed by atoms with E-state index in [2.05, 4.69) is 10.2 Å². The minimum atomic E-state index is -0.0433. The Balaban J connectivity index is 1.49. The Bertz CT molecular complexity index is 775. The highest BCUT2D eigenvalue weighted by Crippen LogP contribution is 2.29. The largest absolute Gasteiger partial charge is 0.497 e. The van der Waals surface area contributed by atoms with Crippen LogP contribution in [-0.4, -0.2) is 51.3 Å². The number of urea groups is 1. The summed E-state index contributed by atoms with van der Waals surface area (Å²) in [5.74, 6) is 1.47. The third-order valence-corrected chi connectivity index (χ3v) is 4.97. The van der Waals surface area contributed by atoms with Crippen LogP contribution in [0.2, 0.25) is 5.02 Å². The van der Waals surface area contributed by atoms with Crippen molar-refractivity contribution in [2.75, 3.05) is 45.3 Å². The molecule has 2 aromatic carbocycles. The van der Waals surface area contributed by atoms with E-state index in [1.807, 2.05) is 47.4 Å². The van der Waals surface area contributed by atoms with Crippen LogP contribution in [0.1, 0.15) is 5.56 Å². The van der Waals surface area contributed by atoms with Crippen LogP contribution in [0.4, 0.5) is 10.5 Å². The minimum absolute atomic E-state index is 0.0433. The van der Waals surface area contributed by atoms with Gasteiger partial charge in [-0.3, -0.25) is 0 Å². The first-order chi connectivity index (χ1) is 13.1. The van der Waals surface area contributed by atoms with Gasteiger partial charge in [0.05, 0.1) is 19.2 Å². The fourth-order valence-electron chi connectivity index (χ4n) is 3.05. The van der Waals surface area contributed by atoms with Crippen molar-refractivity contribution in [3.8, 4) is 11.5 Å². The van der Waals surface area contributed by atoms with Crippen molar-refractivity contribution in [1.29, 1.82) is 0 Å². The molecule has 1 aliphatic rings. The zero-order chi connectivity index (χ0) is 19.2. The van der Waals surface area contributed by atoms with Crippen LogP contribution < -0.4 is 19.7 Å². The predicted molar refractivity (Wildman–Crippen MR) is 107 cm³/mol. The normalized spacial score (nSPS) is 14.0. The number of hydrogen-bond donors (Lipinski definition) is 1. The van der Waals surface area contributed by atoms with E-state index in [4.69, 9.17) is 21.1 Å². The van der Waals surface area contributed by atoms with Crippen molar-refractivity contribution >= 4 is 23.3 Å². The molecule has 7 heteroatoms. The van der Waals surface area contributed by atoms with E-state index in [1.54, 1.807) is 14.2 Å². The maximum Gasteiger partial charge on any atom is 0.317 e. The van der Waals surface area contributed by atoms with Gasteiger partial charge in [-0.1, -0.05) is 23.7 Å². The summed E-state index contributed by atoms with van der Waals surface area (Å²) in [6.45, 7) is 3.35. The summed E-state index contributed by atoms with van der Waals surface area (Å²) in [5.41, 5.74) is 2.08. The molecule has 27 heavy (non-hydrogen) atoms. The molecule has 3 rings (SSSR count). The summed E-state index contributed by atoms with van der Waals surface area (Å²) in [4.78, 5) is 16.5. The highest BCUT2D eigenvalue weighted by atomic mass is 35.5. The van der Waals surface area contributed by atoms with E-state index in [1.165, 1.54) is 0 Å². The predicted octanol–water partition coefficient (Wildman–Crippen LogP) is 3.39. The van der Waals surface area contributed by atoms with Gasteiger partial charge in [-0.25, -0.2) is 4.79 Å². The van der Waals surface area contributed by atoms with Crippen molar-refractivity contribution in [3.63, 3.8) is 0 Å². The zero-order valence-electron chi connectivity index (χ0n) is 15.6. The monoisotopic (exact) mass is 389 g/mol. The number of carbonyl (C=O) groups excluding carboxylic acids is 1. The third kappa shape index (κ3) is 4.77. The van der Waals surface area contributed by atoms with E-state index in [0.29, 0.717) is 30.4 Å². The van der Waals surface area contributed by atoms with Crippen LogP contribution in [0.15, 0.2) is 42.5 Å². The van der Waals surface area contributed by atoms with Gasteiger partial charge in [0.15, 0.2) is 0 Å². The summed E-state index contributed by atoms with van der Waals surface area (Å²) in [7, 11) is 3.24. The molecular formula is C20H24ClN3O3. The summed E-state index contributed by atoms with van der Waals surface area (Å²) >= 11 is 6.21. The van der Waals surface area contributed by atoms with Crippen molar-refractivity contribution in [2.45, 2.75) is 6.54 Å². The molecule has 0 spiro atoms. The number of amides is 2. The first kappa shape index (κ1) is 19.2.